The number of amides is 1. The lowest BCUT2D eigenvalue weighted by molar-refractivity contribution is -0.210. The maximum Gasteiger partial charge on any atom is 0.415 e. The second-order valence-electron chi connectivity index (χ2n) is 4.17. The maximum atomic E-state index is 12.3. The van der Waals surface area contributed by atoms with Crippen molar-refractivity contribution in [2.45, 2.75) is 25.2 Å². The summed E-state index contributed by atoms with van der Waals surface area (Å²) in [5.41, 5.74) is 0. The van der Waals surface area contributed by atoms with Gasteiger partial charge >= 0.3 is 6.18 Å². The van der Waals surface area contributed by atoms with E-state index in [1.807, 2.05) is 0 Å². The molecule has 0 bridgehead atoms. The third-order valence-corrected chi connectivity index (χ3v) is 2.79. The smallest absolute Gasteiger partial charge is 0.382 e. The van der Waals surface area contributed by atoms with Crippen LogP contribution in [0.2, 0.25) is 0 Å². The topological polar surface area (TPSA) is 64.6 Å². The predicted octanol–water partition coefficient (Wildman–Crippen LogP) is -0.680. The van der Waals surface area contributed by atoms with Gasteiger partial charge in [-0.2, -0.15) is 13.2 Å². The highest BCUT2D eigenvalue weighted by Gasteiger charge is 2.41. The lowest BCUT2D eigenvalue weighted by Crippen LogP contribution is -2.60. The normalized spacial score (nSPS) is 23.7. The van der Waals surface area contributed by atoms with E-state index in [-0.39, 0.29) is 12.5 Å². The van der Waals surface area contributed by atoms with Crippen LogP contribution >= 0.6 is 0 Å². The number of piperazine rings is 1. The summed E-state index contributed by atoms with van der Waals surface area (Å²) in [4.78, 5) is 13.0. The van der Waals surface area contributed by atoms with Crippen LogP contribution in [0.1, 0.15) is 6.92 Å². The number of halogens is 3. The van der Waals surface area contributed by atoms with Gasteiger partial charge in [0.2, 0.25) is 5.91 Å². The number of nitrogens with zero attached hydrogens (tertiary/aromatic N) is 1. The van der Waals surface area contributed by atoms with Crippen LogP contribution in [0.15, 0.2) is 0 Å². The predicted molar refractivity (Wildman–Crippen MR) is 59.0 cm³/mol. The summed E-state index contributed by atoms with van der Waals surface area (Å²) in [6.45, 7) is 2.67. The zero-order valence-electron chi connectivity index (χ0n) is 10.1. The third kappa shape index (κ3) is 4.11. The van der Waals surface area contributed by atoms with Gasteiger partial charge < -0.3 is 15.7 Å². The molecule has 1 aliphatic heterocycles. The van der Waals surface area contributed by atoms with E-state index in [0.29, 0.717) is 19.6 Å². The van der Waals surface area contributed by atoms with Gasteiger partial charge in [-0.3, -0.25) is 9.69 Å². The highest BCUT2D eigenvalue weighted by Crippen LogP contribution is 2.21. The maximum absolute atomic E-state index is 12.3. The van der Waals surface area contributed by atoms with E-state index in [0.717, 1.165) is 0 Å². The van der Waals surface area contributed by atoms with Gasteiger partial charge in [0.25, 0.3) is 0 Å². The summed E-state index contributed by atoms with van der Waals surface area (Å²) in [5.74, 6) is -0.320. The highest BCUT2D eigenvalue weighted by atomic mass is 19.4. The second-order valence-corrected chi connectivity index (χ2v) is 4.17. The molecule has 0 aromatic rings. The molecule has 1 heterocycles. The van der Waals surface area contributed by atoms with Gasteiger partial charge in [-0.15, -0.1) is 0 Å². The van der Waals surface area contributed by atoms with E-state index in [9.17, 15) is 18.0 Å². The summed E-state index contributed by atoms with van der Waals surface area (Å²) in [5, 5.41) is 14.6. The number of rotatable bonds is 4. The summed E-state index contributed by atoms with van der Waals surface area (Å²) >= 11 is 0. The van der Waals surface area contributed by atoms with Gasteiger partial charge in [0.05, 0.1) is 0 Å². The van der Waals surface area contributed by atoms with Crippen molar-refractivity contribution in [1.29, 1.82) is 0 Å². The van der Waals surface area contributed by atoms with Crippen molar-refractivity contribution in [3.63, 3.8) is 0 Å². The minimum atomic E-state index is -4.66. The minimum absolute atomic E-state index is 0.288. The van der Waals surface area contributed by atoms with Crippen LogP contribution in [-0.2, 0) is 4.79 Å². The van der Waals surface area contributed by atoms with Crippen molar-refractivity contribution in [2.24, 2.45) is 0 Å². The average molecular weight is 269 g/mol. The molecule has 2 unspecified atom stereocenters. The molecular weight excluding hydrogens is 251 g/mol. The first-order chi connectivity index (χ1) is 8.36. The zero-order valence-corrected chi connectivity index (χ0v) is 10.1. The van der Waals surface area contributed by atoms with Gasteiger partial charge in [0.15, 0.2) is 6.10 Å². The molecule has 106 valence electrons. The molecule has 0 spiro atoms. The Morgan fingerprint density at radius 3 is 2.83 bits per heavy atom. The molecule has 1 amide bonds. The van der Waals surface area contributed by atoms with Crippen LogP contribution in [-0.4, -0.2) is 67.0 Å². The molecule has 0 aromatic carbocycles. The Balaban J connectivity index is 2.62. The first-order valence-corrected chi connectivity index (χ1v) is 5.83. The second kappa shape index (κ2) is 6.35. The summed E-state index contributed by atoms with van der Waals surface area (Å²) < 4.78 is 36.9. The Morgan fingerprint density at radius 1 is 1.61 bits per heavy atom. The molecule has 0 aromatic heterocycles. The van der Waals surface area contributed by atoms with Crippen molar-refractivity contribution in [3.05, 3.63) is 0 Å². The van der Waals surface area contributed by atoms with Crippen LogP contribution < -0.4 is 10.6 Å². The largest absolute Gasteiger partial charge is 0.415 e. The molecule has 18 heavy (non-hydrogen) atoms. The zero-order chi connectivity index (χ0) is 13.8. The van der Waals surface area contributed by atoms with Crippen molar-refractivity contribution in [3.8, 4) is 0 Å². The van der Waals surface area contributed by atoms with Gasteiger partial charge in [-0.25, -0.2) is 0 Å². The molecule has 3 N–H and O–H groups in total. The van der Waals surface area contributed by atoms with Crippen molar-refractivity contribution >= 4 is 5.91 Å². The molecule has 0 saturated carbocycles. The number of hydrogen-bond acceptors (Lipinski definition) is 4. The SMILES string of the molecule is CCNC(=O)C1CNCCN1CC(O)C(F)(F)F. The van der Waals surface area contributed by atoms with Gasteiger partial charge in [-0.05, 0) is 6.92 Å². The number of aliphatic hydroxyl groups is 1. The molecule has 1 aliphatic rings. The summed E-state index contributed by atoms with van der Waals surface area (Å²) in [7, 11) is 0. The molecule has 0 radical (unpaired) electrons. The number of hydrogen-bond donors (Lipinski definition) is 3. The molecule has 1 rings (SSSR count). The first-order valence-electron chi connectivity index (χ1n) is 5.83. The molecule has 2 atom stereocenters. The van der Waals surface area contributed by atoms with E-state index >= 15 is 0 Å². The van der Waals surface area contributed by atoms with Gasteiger partial charge in [-0.1, -0.05) is 0 Å². The van der Waals surface area contributed by atoms with Crippen LogP contribution in [0.25, 0.3) is 0 Å². The fourth-order valence-corrected chi connectivity index (χ4v) is 1.84. The van der Waals surface area contributed by atoms with Crippen LogP contribution in [0, 0.1) is 0 Å². The lowest BCUT2D eigenvalue weighted by atomic mass is 10.1. The van der Waals surface area contributed by atoms with Crippen molar-refractivity contribution in [2.75, 3.05) is 32.7 Å². The molecule has 1 fully saturated rings. The van der Waals surface area contributed by atoms with Gasteiger partial charge in [0, 0.05) is 32.7 Å². The van der Waals surface area contributed by atoms with Crippen molar-refractivity contribution in [1.82, 2.24) is 15.5 Å². The number of β-amino-alcohol motifs (C(OH)–C–C–N with tert-alkyl or cyclic N) is 1. The standard InChI is InChI=1S/C10H18F3N3O2/c1-2-15-9(18)7-5-14-3-4-16(7)6-8(17)10(11,12)13/h7-8,14,17H,2-6H2,1H3,(H,15,18). The van der Waals surface area contributed by atoms with Crippen LogP contribution in [0.3, 0.4) is 0 Å². The Bertz CT molecular complexity index is 286. The van der Waals surface area contributed by atoms with E-state index in [1.165, 1.54) is 4.90 Å². The highest BCUT2D eigenvalue weighted by molar-refractivity contribution is 5.82. The molecule has 0 aliphatic carbocycles. The molecule has 1 saturated heterocycles. The Labute approximate surface area is 103 Å². The van der Waals surface area contributed by atoms with E-state index in [2.05, 4.69) is 10.6 Å². The molecular formula is C10H18F3N3O2. The minimum Gasteiger partial charge on any atom is -0.382 e. The van der Waals surface area contributed by atoms with E-state index in [4.69, 9.17) is 5.11 Å². The Hall–Kier alpha value is -0.860. The van der Waals surface area contributed by atoms with Gasteiger partial charge in [0.1, 0.15) is 6.04 Å². The number of nitrogens with one attached hydrogen (secondary N) is 2. The fourth-order valence-electron chi connectivity index (χ4n) is 1.84. The third-order valence-electron chi connectivity index (χ3n) is 2.79. The van der Waals surface area contributed by atoms with E-state index in [1.54, 1.807) is 6.92 Å². The average Bonchev–Trinajstić information content (AvgIpc) is 2.28. The monoisotopic (exact) mass is 269 g/mol. The quantitative estimate of drug-likeness (QED) is 0.633. The Morgan fingerprint density at radius 2 is 2.28 bits per heavy atom. The Kier molecular flexibility index (Phi) is 5.36. The van der Waals surface area contributed by atoms with Crippen LogP contribution in [0.5, 0.6) is 0 Å². The number of aliphatic hydroxyl groups excluding tert-OH is 1. The lowest BCUT2D eigenvalue weighted by Gasteiger charge is -2.36. The van der Waals surface area contributed by atoms with Crippen molar-refractivity contribution < 1.29 is 23.1 Å². The summed E-state index contributed by atoms with van der Waals surface area (Å²) in [6.07, 6.45) is -7.08. The molecule has 8 heteroatoms. The number of likely N-dealkylation sites (N-methyl/N-ethyl adjacent to an activating group) is 1. The first kappa shape index (κ1) is 15.2. The molecule has 5 nitrogen and oxygen atoms in total. The fraction of sp³-hybridized carbons (Fsp3) is 0.900. The number of alkyl halides is 3. The summed E-state index contributed by atoms with van der Waals surface area (Å²) in [6, 6.07) is -0.671. The van der Waals surface area contributed by atoms with Crippen LogP contribution in [0.4, 0.5) is 13.2 Å². The number of carbonyl (C=O) groups excluding carboxylic acids is 1. The number of carbonyl (C=O) groups is 1. The van der Waals surface area contributed by atoms with E-state index < -0.39 is 24.9 Å².